The molecule has 1 aliphatic rings. The van der Waals surface area contributed by atoms with Gasteiger partial charge in [0.1, 0.15) is 0 Å². The van der Waals surface area contributed by atoms with Crippen molar-refractivity contribution in [2.24, 2.45) is 4.99 Å². The Hall–Kier alpha value is -1.06. The van der Waals surface area contributed by atoms with Gasteiger partial charge in [0.25, 0.3) is 11.9 Å². The standard InChI is InChI=1S/C6H10N2O2/c1-4-5(9)7-6(10-4)8(2)3/h4H,1-3H3. The molecule has 4 heteroatoms. The Morgan fingerprint density at radius 3 is 2.40 bits per heavy atom. The van der Waals surface area contributed by atoms with E-state index in [1.807, 2.05) is 0 Å². The van der Waals surface area contributed by atoms with Crippen molar-refractivity contribution in [2.75, 3.05) is 14.1 Å². The van der Waals surface area contributed by atoms with E-state index < -0.39 is 6.10 Å². The maximum atomic E-state index is 10.7. The monoisotopic (exact) mass is 142 g/mol. The second-order valence-electron chi connectivity index (χ2n) is 2.39. The van der Waals surface area contributed by atoms with Crippen LogP contribution in [0.15, 0.2) is 4.99 Å². The van der Waals surface area contributed by atoms with Crippen LogP contribution in [0.1, 0.15) is 6.92 Å². The molecular formula is C6H10N2O2. The highest BCUT2D eigenvalue weighted by Crippen LogP contribution is 2.06. The lowest BCUT2D eigenvalue weighted by molar-refractivity contribution is -0.122. The van der Waals surface area contributed by atoms with E-state index in [1.54, 1.807) is 25.9 Å². The van der Waals surface area contributed by atoms with Gasteiger partial charge in [-0.25, -0.2) is 0 Å². The van der Waals surface area contributed by atoms with Crippen LogP contribution in [-0.2, 0) is 9.53 Å². The molecule has 0 aromatic heterocycles. The molecule has 0 spiro atoms. The van der Waals surface area contributed by atoms with Crippen LogP contribution in [0.5, 0.6) is 0 Å². The lowest BCUT2D eigenvalue weighted by atomic mass is 10.4. The van der Waals surface area contributed by atoms with Crippen molar-refractivity contribution in [3.63, 3.8) is 0 Å². The first-order valence-corrected chi connectivity index (χ1v) is 3.08. The summed E-state index contributed by atoms with van der Waals surface area (Å²) in [7, 11) is 3.56. The van der Waals surface area contributed by atoms with Gasteiger partial charge in [0, 0.05) is 14.1 Å². The zero-order chi connectivity index (χ0) is 7.72. The van der Waals surface area contributed by atoms with Gasteiger partial charge in [-0.05, 0) is 6.92 Å². The number of carbonyl (C=O) groups is 1. The van der Waals surface area contributed by atoms with Gasteiger partial charge in [0.15, 0.2) is 6.10 Å². The largest absolute Gasteiger partial charge is 0.452 e. The minimum Gasteiger partial charge on any atom is -0.452 e. The summed E-state index contributed by atoms with van der Waals surface area (Å²) in [5, 5.41) is 0. The third-order valence-corrected chi connectivity index (χ3v) is 1.22. The molecule has 1 aliphatic heterocycles. The first-order valence-electron chi connectivity index (χ1n) is 3.08. The average molecular weight is 142 g/mol. The van der Waals surface area contributed by atoms with Gasteiger partial charge >= 0.3 is 0 Å². The fourth-order valence-electron chi connectivity index (χ4n) is 0.625. The van der Waals surface area contributed by atoms with E-state index >= 15 is 0 Å². The molecule has 56 valence electrons. The summed E-state index contributed by atoms with van der Waals surface area (Å²) in [5.41, 5.74) is 0. The SMILES string of the molecule is CC1OC(N(C)C)=NC1=O. The average Bonchev–Trinajstić information content (AvgIpc) is 2.13. The molecule has 0 saturated heterocycles. The highest BCUT2D eigenvalue weighted by atomic mass is 16.5. The number of nitrogens with zero attached hydrogens (tertiary/aromatic N) is 2. The Kier molecular flexibility index (Phi) is 1.61. The van der Waals surface area contributed by atoms with E-state index in [0.29, 0.717) is 6.02 Å². The van der Waals surface area contributed by atoms with Crippen LogP contribution in [-0.4, -0.2) is 37.0 Å². The van der Waals surface area contributed by atoms with Crippen molar-refractivity contribution in [3.8, 4) is 0 Å². The first-order chi connectivity index (χ1) is 4.61. The van der Waals surface area contributed by atoms with Crippen LogP contribution in [0.2, 0.25) is 0 Å². The number of amides is 1. The van der Waals surface area contributed by atoms with E-state index in [0.717, 1.165) is 0 Å². The second kappa shape index (κ2) is 2.28. The lowest BCUT2D eigenvalue weighted by Crippen LogP contribution is -2.23. The van der Waals surface area contributed by atoms with E-state index in [9.17, 15) is 4.79 Å². The molecule has 0 saturated carbocycles. The van der Waals surface area contributed by atoms with Crippen LogP contribution < -0.4 is 0 Å². The Morgan fingerprint density at radius 1 is 1.60 bits per heavy atom. The summed E-state index contributed by atoms with van der Waals surface area (Å²) in [6.07, 6.45) is -0.405. The molecule has 0 N–H and O–H groups in total. The van der Waals surface area contributed by atoms with E-state index in [-0.39, 0.29) is 5.91 Å². The third-order valence-electron chi connectivity index (χ3n) is 1.22. The molecule has 4 nitrogen and oxygen atoms in total. The van der Waals surface area contributed by atoms with Gasteiger partial charge in [-0.3, -0.25) is 4.79 Å². The maximum absolute atomic E-state index is 10.7. The van der Waals surface area contributed by atoms with Crippen LogP contribution in [0.25, 0.3) is 0 Å². The predicted molar refractivity (Wildman–Crippen MR) is 36.7 cm³/mol. The van der Waals surface area contributed by atoms with Crippen molar-refractivity contribution in [2.45, 2.75) is 13.0 Å². The molecule has 0 aromatic carbocycles. The molecule has 0 fully saturated rings. The molecule has 0 radical (unpaired) electrons. The molecule has 0 aliphatic carbocycles. The number of carbonyl (C=O) groups excluding carboxylic acids is 1. The van der Waals surface area contributed by atoms with Crippen molar-refractivity contribution >= 4 is 11.9 Å². The van der Waals surface area contributed by atoms with E-state index in [4.69, 9.17) is 4.74 Å². The van der Waals surface area contributed by atoms with Gasteiger partial charge in [-0.1, -0.05) is 0 Å². The van der Waals surface area contributed by atoms with Gasteiger partial charge in [-0.15, -0.1) is 0 Å². The molecular weight excluding hydrogens is 132 g/mol. The summed E-state index contributed by atoms with van der Waals surface area (Å²) < 4.78 is 5.06. The fraction of sp³-hybridized carbons (Fsp3) is 0.667. The molecule has 10 heavy (non-hydrogen) atoms. The smallest absolute Gasteiger partial charge is 0.295 e. The minimum atomic E-state index is -0.405. The molecule has 1 atom stereocenters. The number of ether oxygens (including phenoxy) is 1. The van der Waals surface area contributed by atoms with Gasteiger partial charge in [0.05, 0.1) is 0 Å². The summed E-state index contributed by atoms with van der Waals surface area (Å²) >= 11 is 0. The summed E-state index contributed by atoms with van der Waals surface area (Å²) in [6, 6.07) is 0.400. The normalized spacial score (nSPS) is 24.1. The van der Waals surface area contributed by atoms with Crippen molar-refractivity contribution in [1.29, 1.82) is 0 Å². The van der Waals surface area contributed by atoms with Crippen LogP contribution in [0.4, 0.5) is 0 Å². The Balaban J connectivity index is 2.67. The van der Waals surface area contributed by atoms with Crippen molar-refractivity contribution in [1.82, 2.24) is 4.90 Å². The minimum absolute atomic E-state index is 0.205. The van der Waals surface area contributed by atoms with Crippen molar-refractivity contribution in [3.05, 3.63) is 0 Å². The molecule has 1 heterocycles. The Labute approximate surface area is 59.5 Å². The quantitative estimate of drug-likeness (QED) is 0.472. The number of rotatable bonds is 0. The lowest BCUT2D eigenvalue weighted by Gasteiger charge is -2.10. The zero-order valence-electron chi connectivity index (χ0n) is 6.29. The highest BCUT2D eigenvalue weighted by molar-refractivity contribution is 5.97. The van der Waals surface area contributed by atoms with Crippen molar-refractivity contribution < 1.29 is 9.53 Å². The molecule has 1 amide bonds. The Bertz CT molecular complexity index is 186. The highest BCUT2D eigenvalue weighted by Gasteiger charge is 2.25. The molecule has 0 aromatic rings. The van der Waals surface area contributed by atoms with E-state index in [2.05, 4.69) is 4.99 Å². The molecule has 1 rings (SSSR count). The first kappa shape index (κ1) is 7.05. The van der Waals surface area contributed by atoms with Crippen LogP contribution >= 0.6 is 0 Å². The molecule has 1 unspecified atom stereocenters. The summed E-state index contributed by atoms with van der Waals surface area (Å²) in [5.74, 6) is -0.205. The van der Waals surface area contributed by atoms with E-state index in [1.165, 1.54) is 0 Å². The van der Waals surface area contributed by atoms with Gasteiger partial charge in [-0.2, -0.15) is 4.99 Å². The molecule has 0 bridgehead atoms. The Morgan fingerprint density at radius 2 is 2.20 bits per heavy atom. The maximum Gasteiger partial charge on any atom is 0.295 e. The van der Waals surface area contributed by atoms with Gasteiger partial charge < -0.3 is 9.64 Å². The summed E-state index contributed by atoms with van der Waals surface area (Å²) in [4.78, 5) is 16.1. The van der Waals surface area contributed by atoms with Gasteiger partial charge in [0.2, 0.25) is 0 Å². The number of amidine groups is 1. The summed E-state index contributed by atoms with van der Waals surface area (Å²) in [6.45, 7) is 1.68. The van der Waals surface area contributed by atoms with Crippen LogP contribution in [0, 0.1) is 0 Å². The fourth-order valence-corrected chi connectivity index (χ4v) is 0.625. The number of hydrogen-bond acceptors (Lipinski definition) is 3. The number of hydrogen-bond donors (Lipinski definition) is 0. The topological polar surface area (TPSA) is 41.9 Å². The second-order valence-corrected chi connectivity index (χ2v) is 2.39. The third kappa shape index (κ3) is 1.10. The number of aliphatic imine (C=N–C) groups is 1. The van der Waals surface area contributed by atoms with Crippen LogP contribution in [0.3, 0.4) is 0 Å². The predicted octanol–water partition coefficient (Wildman–Crippen LogP) is -0.151. The zero-order valence-corrected chi connectivity index (χ0v) is 6.29.